The number of anilines is 4. The molecule has 0 unspecified atom stereocenters. The monoisotopic (exact) mass is 484 g/mol. The Balaban J connectivity index is 1.83. The van der Waals surface area contributed by atoms with E-state index in [2.05, 4.69) is 10.6 Å². The minimum atomic E-state index is -1.89. The molecule has 0 saturated heterocycles. The van der Waals surface area contributed by atoms with E-state index in [1.807, 2.05) is 100 Å². The molecule has 0 fully saturated rings. The predicted octanol–water partition coefficient (Wildman–Crippen LogP) is 6.28. The van der Waals surface area contributed by atoms with Gasteiger partial charge in [-0.15, -0.1) is 0 Å². The second-order valence-electron chi connectivity index (χ2n) is 8.92. The van der Waals surface area contributed by atoms with Crippen LogP contribution in [0.25, 0.3) is 0 Å². The van der Waals surface area contributed by atoms with Crippen LogP contribution >= 0.6 is 15.6 Å². The van der Waals surface area contributed by atoms with Crippen molar-refractivity contribution in [3.05, 3.63) is 95.1 Å². The van der Waals surface area contributed by atoms with Crippen molar-refractivity contribution < 1.29 is 9.13 Å². The summed E-state index contributed by atoms with van der Waals surface area (Å²) in [6, 6.07) is 23.7. The molecule has 2 N–H and O–H groups in total. The molecule has 5 rings (SSSR count). The van der Waals surface area contributed by atoms with Crippen molar-refractivity contribution in [1.29, 1.82) is 0 Å². The Bertz CT molecular complexity index is 1270. The van der Waals surface area contributed by atoms with Crippen LogP contribution in [-0.2, 0) is 9.13 Å². The van der Waals surface area contributed by atoms with E-state index < -0.39 is 15.6 Å². The third-order valence-corrected chi connectivity index (χ3v) is 9.33. The quantitative estimate of drug-likeness (QED) is 0.254. The minimum absolute atomic E-state index is 0.722. The summed E-state index contributed by atoms with van der Waals surface area (Å²) in [4.78, 5) is 0. The van der Waals surface area contributed by atoms with Crippen molar-refractivity contribution in [2.75, 3.05) is 10.6 Å². The van der Waals surface area contributed by atoms with E-state index in [1.54, 1.807) is 0 Å². The topological polar surface area (TPSA) is 58.2 Å². The molecule has 1 aliphatic heterocycles. The maximum Gasteiger partial charge on any atom is 0.419 e. The number of nitrogens with one attached hydrogen (secondary N) is 2. The van der Waals surface area contributed by atoms with E-state index in [0.29, 0.717) is 0 Å². The first-order valence-corrected chi connectivity index (χ1v) is 13.7. The average Bonchev–Trinajstić information content (AvgIpc) is 2.78. The van der Waals surface area contributed by atoms with E-state index in [4.69, 9.17) is 0 Å². The minimum Gasteiger partial charge on any atom is -0.348 e. The largest absolute Gasteiger partial charge is 0.419 e. The lowest BCUT2D eigenvalue weighted by Gasteiger charge is -2.13. The van der Waals surface area contributed by atoms with Gasteiger partial charge >= 0.3 is 15.6 Å². The lowest BCUT2D eigenvalue weighted by molar-refractivity contribution is 0.597. The SMILES string of the molecule is Cc1ccc2c(c1)Nc1cc(C)ccc1[P+](=O)c1ccc(C)cc1Nc1cc(C)ccc1[P+]2=O. The van der Waals surface area contributed by atoms with Gasteiger partial charge in [0.2, 0.25) is 21.2 Å². The van der Waals surface area contributed by atoms with Crippen molar-refractivity contribution in [2.24, 2.45) is 0 Å². The number of fused-ring (bicyclic) bond motifs is 4. The molecule has 0 aliphatic carbocycles. The molecule has 0 amide bonds. The fraction of sp³-hybridized carbons (Fsp3) is 0.143. The van der Waals surface area contributed by atoms with Crippen LogP contribution in [0.2, 0.25) is 0 Å². The summed E-state index contributed by atoms with van der Waals surface area (Å²) in [5, 5.41) is 9.89. The Morgan fingerprint density at radius 2 is 0.676 bits per heavy atom. The summed E-state index contributed by atoms with van der Waals surface area (Å²) in [5.74, 6) is 0. The first kappa shape index (κ1) is 22.5. The molecule has 0 radical (unpaired) electrons. The van der Waals surface area contributed by atoms with E-state index >= 15 is 0 Å². The van der Waals surface area contributed by atoms with Crippen molar-refractivity contribution in [1.82, 2.24) is 0 Å². The zero-order valence-corrected chi connectivity index (χ0v) is 21.4. The number of hydrogen-bond donors (Lipinski definition) is 2. The van der Waals surface area contributed by atoms with Gasteiger partial charge in [0.25, 0.3) is 0 Å². The summed E-state index contributed by atoms with van der Waals surface area (Å²) in [7, 11) is -3.79. The standard InChI is InChI=1S/C28H26N2O2P2/c1-17-5-9-25-21(13-17)29-22-14-18(2)6-10-26(22)34(32)28-12-8-20(4)16-24(28)30-23-15-19(3)7-11-27(23)33(25)31/h5-16,29-30H,1-4H3/q+2. The van der Waals surface area contributed by atoms with Crippen LogP contribution < -0.4 is 31.9 Å². The zero-order chi connectivity index (χ0) is 24.0. The molecular formula is C28H26N2O2P2+2. The number of rotatable bonds is 0. The fourth-order valence-electron chi connectivity index (χ4n) is 4.26. The third kappa shape index (κ3) is 4.16. The van der Waals surface area contributed by atoms with Gasteiger partial charge in [-0.3, -0.25) is 0 Å². The van der Waals surface area contributed by atoms with Gasteiger partial charge in [-0.1, -0.05) is 33.4 Å². The van der Waals surface area contributed by atoms with Gasteiger partial charge in [0.1, 0.15) is 0 Å². The smallest absolute Gasteiger partial charge is 0.348 e. The summed E-state index contributed by atoms with van der Waals surface area (Å²) in [6.45, 7) is 8.06. The molecule has 1 aliphatic rings. The molecule has 0 saturated carbocycles. The third-order valence-electron chi connectivity index (χ3n) is 6.02. The number of aryl methyl sites for hydroxylation is 4. The van der Waals surface area contributed by atoms with Gasteiger partial charge in [-0.05, 0) is 98.5 Å². The molecule has 168 valence electrons. The van der Waals surface area contributed by atoms with Gasteiger partial charge < -0.3 is 10.6 Å². The van der Waals surface area contributed by atoms with Crippen LogP contribution in [0.1, 0.15) is 22.3 Å². The van der Waals surface area contributed by atoms with Crippen molar-refractivity contribution in [3.8, 4) is 0 Å². The molecule has 0 atom stereocenters. The second kappa shape index (κ2) is 8.80. The highest BCUT2D eigenvalue weighted by Gasteiger charge is 2.35. The zero-order valence-electron chi connectivity index (χ0n) is 19.6. The number of benzene rings is 4. The highest BCUT2D eigenvalue weighted by atomic mass is 31.1. The summed E-state index contributed by atoms with van der Waals surface area (Å²) < 4.78 is 28.0. The van der Waals surface area contributed by atoms with Crippen LogP contribution in [0, 0.1) is 27.7 Å². The molecule has 0 bridgehead atoms. The Kier molecular flexibility index (Phi) is 5.81. The number of hydrogen-bond acceptors (Lipinski definition) is 4. The fourth-order valence-corrected chi connectivity index (χ4v) is 6.97. The van der Waals surface area contributed by atoms with Gasteiger partial charge in [-0.25, -0.2) is 0 Å². The van der Waals surface area contributed by atoms with Crippen LogP contribution in [0.4, 0.5) is 22.7 Å². The normalized spacial score (nSPS) is 14.8. The van der Waals surface area contributed by atoms with Crippen LogP contribution in [-0.4, -0.2) is 0 Å². The maximum atomic E-state index is 14.0. The summed E-state index contributed by atoms with van der Waals surface area (Å²) in [6.07, 6.45) is 0. The lowest BCUT2D eigenvalue weighted by atomic mass is 10.2. The van der Waals surface area contributed by atoms with E-state index in [-0.39, 0.29) is 0 Å². The van der Waals surface area contributed by atoms with Crippen molar-refractivity contribution in [3.63, 3.8) is 0 Å². The van der Waals surface area contributed by atoms with E-state index in [9.17, 15) is 9.13 Å². The van der Waals surface area contributed by atoms with E-state index in [1.165, 1.54) is 0 Å². The molecular weight excluding hydrogens is 458 g/mol. The highest BCUT2D eigenvalue weighted by Crippen LogP contribution is 2.36. The van der Waals surface area contributed by atoms with Gasteiger partial charge in [0.15, 0.2) is 0 Å². The highest BCUT2D eigenvalue weighted by molar-refractivity contribution is 7.62. The Morgan fingerprint density at radius 3 is 0.912 bits per heavy atom. The maximum absolute atomic E-state index is 14.0. The van der Waals surface area contributed by atoms with Crippen molar-refractivity contribution in [2.45, 2.75) is 27.7 Å². The summed E-state index contributed by atoms with van der Waals surface area (Å²) >= 11 is 0. The Labute approximate surface area is 202 Å². The predicted molar refractivity (Wildman–Crippen MR) is 145 cm³/mol. The van der Waals surface area contributed by atoms with E-state index in [0.717, 1.165) is 66.2 Å². The molecule has 6 heteroatoms. The molecule has 0 spiro atoms. The average molecular weight is 484 g/mol. The second-order valence-corrected chi connectivity index (χ2v) is 12.0. The lowest BCUT2D eigenvalue weighted by Crippen LogP contribution is -2.20. The van der Waals surface area contributed by atoms with Crippen LogP contribution in [0.15, 0.2) is 72.8 Å². The molecule has 4 nitrogen and oxygen atoms in total. The van der Waals surface area contributed by atoms with Gasteiger partial charge in [0.05, 0.1) is 22.7 Å². The summed E-state index contributed by atoms with van der Waals surface area (Å²) in [5.41, 5.74) is 7.32. The Morgan fingerprint density at radius 1 is 0.441 bits per heavy atom. The Hall–Kier alpha value is -3.32. The first-order valence-electron chi connectivity index (χ1n) is 11.2. The molecule has 4 aromatic carbocycles. The first-order chi connectivity index (χ1) is 16.3. The van der Waals surface area contributed by atoms with Crippen LogP contribution in [0.5, 0.6) is 0 Å². The van der Waals surface area contributed by atoms with Crippen molar-refractivity contribution >= 4 is 59.6 Å². The molecule has 1 heterocycles. The van der Waals surface area contributed by atoms with Crippen LogP contribution in [0.3, 0.4) is 0 Å². The molecule has 0 aromatic heterocycles. The molecule has 4 aromatic rings. The molecule has 34 heavy (non-hydrogen) atoms. The van der Waals surface area contributed by atoms with Gasteiger partial charge in [-0.2, -0.15) is 0 Å². The van der Waals surface area contributed by atoms with Gasteiger partial charge in [0, 0.05) is 0 Å².